The number of benzene rings is 1. The van der Waals surface area contributed by atoms with Gasteiger partial charge in [-0.05, 0) is 43.6 Å². The number of carbonyl (C=O) groups is 1. The molecule has 1 aliphatic rings. The number of aliphatic carboxylic acids is 1. The Bertz CT molecular complexity index is 778. The van der Waals surface area contributed by atoms with E-state index >= 15 is 0 Å². The van der Waals surface area contributed by atoms with Crippen molar-refractivity contribution in [3.8, 4) is 0 Å². The first-order chi connectivity index (χ1) is 16.0. The summed E-state index contributed by atoms with van der Waals surface area (Å²) < 4.78 is 0. The Labute approximate surface area is 212 Å². The average Bonchev–Trinajstić information content (AvgIpc) is 2.75. The number of rotatable bonds is 7. The van der Waals surface area contributed by atoms with Crippen LogP contribution in [0.15, 0.2) is 24.3 Å². The number of likely N-dealkylation sites (N-methyl/N-ethyl adjacent to an activating group) is 3. The Morgan fingerprint density at radius 3 is 2.03 bits per heavy atom. The van der Waals surface area contributed by atoms with E-state index in [1.807, 2.05) is 0 Å². The van der Waals surface area contributed by atoms with E-state index in [-0.39, 0.29) is 18.0 Å². The van der Waals surface area contributed by atoms with Gasteiger partial charge >= 0.3 is 5.97 Å². The predicted molar refractivity (Wildman–Crippen MR) is 146 cm³/mol. The number of thiocarbonyl (C=S) groups is 1. The minimum atomic E-state index is -0.754. The second-order valence-corrected chi connectivity index (χ2v) is 11.4. The summed E-state index contributed by atoms with van der Waals surface area (Å²) in [7, 11) is 4.32. The average molecular weight is 491 g/mol. The molecular formula is C27H46N4O2S. The smallest absolute Gasteiger partial charge is 0.317 e. The van der Waals surface area contributed by atoms with Crippen LogP contribution in [0.25, 0.3) is 0 Å². The van der Waals surface area contributed by atoms with Crippen molar-refractivity contribution in [1.82, 2.24) is 19.6 Å². The fraction of sp³-hybridized carbons (Fsp3) is 0.704. The zero-order valence-electron chi connectivity index (χ0n) is 22.2. The SMILES string of the molecule is CCN1CCN(C)CCN(C)CCN(CC(=O)O)CC1Cc1ccc(CC(=S)C(C)(C)C)cc1. The Morgan fingerprint density at radius 2 is 1.50 bits per heavy atom. The lowest BCUT2D eigenvalue weighted by atomic mass is 9.88. The highest BCUT2D eigenvalue weighted by Crippen LogP contribution is 2.20. The van der Waals surface area contributed by atoms with Crippen molar-refractivity contribution in [3.05, 3.63) is 35.4 Å². The van der Waals surface area contributed by atoms with Gasteiger partial charge in [0.2, 0.25) is 0 Å². The molecule has 1 unspecified atom stereocenters. The van der Waals surface area contributed by atoms with E-state index in [0.29, 0.717) is 0 Å². The van der Waals surface area contributed by atoms with E-state index < -0.39 is 5.97 Å². The Morgan fingerprint density at radius 1 is 0.971 bits per heavy atom. The predicted octanol–water partition coefficient (Wildman–Crippen LogP) is 3.14. The van der Waals surface area contributed by atoms with Crippen LogP contribution in [-0.4, -0.2) is 115 Å². The molecule has 0 bridgehead atoms. The summed E-state index contributed by atoms with van der Waals surface area (Å²) in [4.78, 5) is 22.0. The maximum Gasteiger partial charge on any atom is 0.317 e. The summed E-state index contributed by atoms with van der Waals surface area (Å²) in [6.45, 7) is 16.2. The topological polar surface area (TPSA) is 50.3 Å². The van der Waals surface area contributed by atoms with Crippen molar-refractivity contribution in [2.45, 2.75) is 46.6 Å². The lowest BCUT2D eigenvalue weighted by molar-refractivity contribution is -0.138. The molecule has 1 aromatic rings. The van der Waals surface area contributed by atoms with Crippen LogP contribution in [0.3, 0.4) is 0 Å². The largest absolute Gasteiger partial charge is 0.480 e. The fourth-order valence-corrected chi connectivity index (χ4v) is 4.49. The van der Waals surface area contributed by atoms with Crippen LogP contribution in [0.5, 0.6) is 0 Å². The second kappa shape index (κ2) is 13.6. The molecule has 1 N–H and O–H groups in total. The van der Waals surface area contributed by atoms with E-state index in [4.69, 9.17) is 12.2 Å². The number of hydrogen-bond donors (Lipinski definition) is 1. The summed E-state index contributed by atoms with van der Waals surface area (Å²) in [6, 6.07) is 9.13. The summed E-state index contributed by atoms with van der Waals surface area (Å²) >= 11 is 5.64. The van der Waals surface area contributed by atoms with Crippen LogP contribution in [-0.2, 0) is 17.6 Å². The number of carboxylic acid groups (broad SMARTS) is 1. The molecule has 6 nitrogen and oxygen atoms in total. The lowest BCUT2D eigenvalue weighted by Crippen LogP contribution is -2.51. The van der Waals surface area contributed by atoms with E-state index in [0.717, 1.165) is 70.1 Å². The van der Waals surface area contributed by atoms with Crippen molar-refractivity contribution in [2.24, 2.45) is 5.41 Å². The molecule has 0 saturated carbocycles. The highest BCUT2D eigenvalue weighted by atomic mass is 32.1. The van der Waals surface area contributed by atoms with Gasteiger partial charge in [0.05, 0.1) is 6.54 Å². The van der Waals surface area contributed by atoms with Crippen LogP contribution < -0.4 is 0 Å². The van der Waals surface area contributed by atoms with Gasteiger partial charge in [-0.2, -0.15) is 0 Å². The highest BCUT2D eigenvalue weighted by Gasteiger charge is 2.24. The fourth-order valence-electron chi connectivity index (χ4n) is 4.32. The van der Waals surface area contributed by atoms with Gasteiger partial charge in [-0.25, -0.2) is 0 Å². The number of hydrogen-bond acceptors (Lipinski definition) is 6. The first-order valence-corrected chi connectivity index (χ1v) is 13.0. The molecule has 0 spiro atoms. The minimum Gasteiger partial charge on any atom is -0.480 e. The zero-order valence-corrected chi connectivity index (χ0v) is 23.0. The van der Waals surface area contributed by atoms with Crippen LogP contribution in [0.1, 0.15) is 38.8 Å². The Kier molecular flexibility index (Phi) is 11.6. The zero-order chi connectivity index (χ0) is 25.3. The standard InChI is InChI=1S/C27H46N4O2S/c1-7-31-17-15-29(6)13-12-28(5)14-16-30(21-26(32)33)20-24(31)18-22-8-10-23(11-9-22)19-25(34)27(2,3)4/h8-11,24H,7,12-21H2,1-6H3,(H,32,33). The molecule has 192 valence electrons. The number of carboxylic acids is 1. The third-order valence-electron chi connectivity index (χ3n) is 6.88. The summed E-state index contributed by atoms with van der Waals surface area (Å²) in [6.07, 6.45) is 1.74. The van der Waals surface area contributed by atoms with E-state index in [9.17, 15) is 9.90 Å². The van der Waals surface area contributed by atoms with E-state index in [1.54, 1.807) is 0 Å². The van der Waals surface area contributed by atoms with Crippen molar-refractivity contribution in [2.75, 3.05) is 73.0 Å². The molecule has 0 amide bonds. The van der Waals surface area contributed by atoms with Crippen molar-refractivity contribution in [3.63, 3.8) is 0 Å². The van der Waals surface area contributed by atoms with Gasteiger partial charge in [0.1, 0.15) is 0 Å². The molecule has 1 atom stereocenters. The molecule has 1 aromatic carbocycles. The molecule has 1 heterocycles. The van der Waals surface area contributed by atoms with Gasteiger partial charge < -0.3 is 14.9 Å². The molecule has 1 fully saturated rings. The van der Waals surface area contributed by atoms with Gasteiger partial charge in [0.25, 0.3) is 0 Å². The highest BCUT2D eigenvalue weighted by molar-refractivity contribution is 7.80. The quantitative estimate of drug-likeness (QED) is 0.589. The molecule has 1 saturated heterocycles. The van der Waals surface area contributed by atoms with E-state index in [2.05, 4.69) is 85.7 Å². The molecule has 0 aromatic heterocycles. The molecular weight excluding hydrogens is 444 g/mol. The third-order valence-corrected chi connectivity index (χ3v) is 7.63. The van der Waals surface area contributed by atoms with Crippen LogP contribution in [0.2, 0.25) is 0 Å². The second-order valence-electron chi connectivity index (χ2n) is 10.9. The first kappa shape index (κ1) is 28.9. The van der Waals surface area contributed by atoms with Crippen LogP contribution in [0.4, 0.5) is 0 Å². The Balaban J connectivity index is 2.19. The molecule has 0 radical (unpaired) electrons. The lowest BCUT2D eigenvalue weighted by Gasteiger charge is -2.37. The number of nitrogens with zero attached hydrogens (tertiary/aromatic N) is 4. The molecule has 0 aliphatic carbocycles. The molecule has 7 heteroatoms. The Hall–Kier alpha value is -1.38. The maximum atomic E-state index is 11.6. The van der Waals surface area contributed by atoms with Crippen LogP contribution in [0, 0.1) is 5.41 Å². The normalized spacial score (nSPS) is 21.1. The van der Waals surface area contributed by atoms with Crippen molar-refractivity contribution < 1.29 is 9.90 Å². The monoisotopic (exact) mass is 490 g/mol. The van der Waals surface area contributed by atoms with Gasteiger partial charge in [0, 0.05) is 63.1 Å². The third kappa shape index (κ3) is 10.1. The van der Waals surface area contributed by atoms with Gasteiger partial charge in [-0.1, -0.05) is 64.2 Å². The first-order valence-electron chi connectivity index (χ1n) is 12.6. The van der Waals surface area contributed by atoms with Gasteiger partial charge in [0.15, 0.2) is 0 Å². The van der Waals surface area contributed by atoms with Crippen molar-refractivity contribution >= 4 is 23.1 Å². The summed E-state index contributed by atoms with van der Waals surface area (Å²) in [5.74, 6) is -0.754. The summed E-state index contributed by atoms with van der Waals surface area (Å²) in [5.41, 5.74) is 2.59. The molecule has 34 heavy (non-hydrogen) atoms. The minimum absolute atomic E-state index is 0.0398. The molecule has 2 rings (SSSR count). The van der Waals surface area contributed by atoms with Crippen molar-refractivity contribution in [1.29, 1.82) is 0 Å². The van der Waals surface area contributed by atoms with E-state index in [1.165, 1.54) is 11.1 Å². The van der Waals surface area contributed by atoms with Gasteiger partial charge in [-0.3, -0.25) is 14.6 Å². The van der Waals surface area contributed by atoms with Gasteiger partial charge in [-0.15, -0.1) is 0 Å². The van der Waals surface area contributed by atoms with Crippen LogP contribution >= 0.6 is 12.2 Å². The molecule has 1 aliphatic heterocycles. The maximum absolute atomic E-state index is 11.6. The summed E-state index contributed by atoms with van der Waals surface area (Å²) in [5, 5.41) is 9.53.